The molecule has 1 atom stereocenters. The van der Waals surface area contributed by atoms with Gasteiger partial charge >= 0.3 is 10.8 Å². The van der Waals surface area contributed by atoms with E-state index in [0.29, 0.717) is 31.0 Å². The number of thiazole rings is 1. The number of rotatable bonds is 12. The van der Waals surface area contributed by atoms with Gasteiger partial charge in [0.1, 0.15) is 25.2 Å². The molecule has 0 spiro atoms. The SMILES string of the molecule is CO/N=C(\c1ccccc1)c1ccc2c(c1)sc(=O)n2CCOc1ccc(CC(OC(C)C)C(=O)OC)cc1. The zero-order chi connectivity index (χ0) is 27.8. The van der Waals surface area contributed by atoms with Gasteiger partial charge in [-0.1, -0.05) is 65.0 Å². The fraction of sp³-hybridized carbons (Fsp3) is 0.300. The minimum atomic E-state index is -0.662. The van der Waals surface area contributed by atoms with E-state index >= 15 is 0 Å². The Morgan fingerprint density at radius 2 is 1.72 bits per heavy atom. The van der Waals surface area contributed by atoms with E-state index in [-0.39, 0.29) is 11.0 Å². The summed E-state index contributed by atoms with van der Waals surface area (Å²) in [5, 5.41) is 4.22. The molecule has 0 saturated heterocycles. The van der Waals surface area contributed by atoms with Crippen LogP contribution in [0.25, 0.3) is 10.2 Å². The Labute approximate surface area is 231 Å². The molecule has 0 aliphatic carbocycles. The summed E-state index contributed by atoms with van der Waals surface area (Å²) in [6.07, 6.45) is -0.348. The summed E-state index contributed by atoms with van der Waals surface area (Å²) in [5.41, 5.74) is 4.28. The van der Waals surface area contributed by atoms with Crippen molar-refractivity contribution in [2.24, 2.45) is 5.16 Å². The van der Waals surface area contributed by atoms with E-state index in [0.717, 1.165) is 26.9 Å². The molecule has 0 amide bonds. The minimum absolute atomic E-state index is 0.0509. The molecule has 1 unspecified atom stereocenters. The molecule has 8 nitrogen and oxygen atoms in total. The third kappa shape index (κ3) is 7.13. The van der Waals surface area contributed by atoms with E-state index < -0.39 is 12.1 Å². The molecule has 1 heterocycles. The van der Waals surface area contributed by atoms with Crippen molar-refractivity contribution >= 4 is 33.2 Å². The molecule has 3 aromatic carbocycles. The maximum atomic E-state index is 12.8. The van der Waals surface area contributed by atoms with Gasteiger partial charge in [0, 0.05) is 17.5 Å². The minimum Gasteiger partial charge on any atom is -0.492 e. The van der Waals surface area contributed by atoms with Crippen LogP contribution in [-0.4, -0.2) is 49.3 Å². The van der Waals surface area contributed by atoms with Crippen molar-refractivity contribution in [2.45, 2.75) is 39.0 Å². The summed E-state index contributed by atoms with van der Waals surface area (Å²) in [5.74, 6) is 0.281. The summed E-state index contributed by atoms with van der Waals surface area (Å²) >= 11 is 1.19. The maximum absolute atomic E-state index is 12.8. The van der Waals surface area contributed by atoms with E-state index in [2.05, 4.69) is 5.16 Å². The first-order valence-corrected chi connectivity index (χ1v) is 13.5. The number of hydrogen-bond donors (Lipinski definition) is 0. The molecule has 0 radical (unpaired) electrons. The molecule has 0 aliphatic rings. The number of oxime groups is 1. The van der Waals surface area contributed by atoms with Crippen LogP contribution in [0.15, 0.2) is 82.7 Å². The van der Waals surface area contributed by atoms with Crippen LogP contribution in [-0.2, 0) is 32.1 Å². The van der Waals surface area contributed by atoms with Gasteiger partial charge in [-0.05, 0) is 43.7 Å². The zero-order valence-corrected chi connectivity index (χ0v) is 23.3. The Hall–Kier alpha value is -3.95. The summed E-state index contributed by atoms with van der Waals surface area (Å²) in [7, 11) is 2.87. The van der Waals surface area contributed by atoms with Crippen LogP contribution in [0.3, 0.4) is 0 Å². The first-order chi connectivity index (χ1) is 18.9. The normalized spacial score (nSPS) is 12.5. The third-order valence-corrected chi connectivity index (χ3v) is 6.94. The van der Waals surface area contributed by atoms with Crippen molar-refractivity contribution in [2.75, 3.05) is 20.8 Å². The van der Waals surface area contributed by atoms with Gasteiger partial charge in [0.25, 0.3) is 0 Å². The lowest BCUT2D eigenvalue weighted by Crippen LogP contribution is -2.30. The van der Waals surface area contributed by atoms with Crippen molar-refractivity contribution in [3.63, 3.8) is 0 Å². The molecule has 0 N–H and O–H groups in total. The van der Waals surface area contributed by atoms with Gasteiger partial charge in [0.2, 0.25) is 0 Å². The number of hydrogen-bond acceptors (Lipinski definition) is 8. The van der Waals surface area contributed by atoms with Crippen LogP contribution in [0, 0.1) is 0 Å². The molecule has 1 aromatic heterocycles. The monoisotopic (exact) mass is 548 g/mol. The molecule has 0 bridgehead atoms. The molecule has 4 rings (SSSR count). The second kappa shape index (κ2) is 13.2. The van der Waals surface area contributed by atoms with E-state index in [9.17, 15) is 9.59 Å². The topological polar surface area (TPSA) is 88.4 Å². The van der Waals surface area contributed by atoms with E-state index in [1.807, 2.05) is 86.6 Å². The Kier molecular flexibility index (Phi) is 9.51. The predicted octanol–water partition coefficient (Wildman–Crippen LogP) is 5.05. The predicted molar refractivity (Wildman–Crippen MR) is 153 cm³/mol. The highest BCUT2D eigenvalue weighted by atomic mass is 32.1. The largest absolute Gasteiger partial charge is 0.492 e. The lowest BCUT2D eigenvalue weighted by Gasteiger charge is -2.18. The average molecular weight is 549 g/mol. The summed E-state index contributed by atoms with van der Waals surface area (Å²) in [6, 6.07) is 23.1. The van der Waals surface area contributed by atoms with E-state index in [1.165, 1.54) is 25.6 Å². The fourth-order valence-corrected chi connectivity index (χ4v) is 5.18. The fourth-order valence-electron chi connectivity index (χ4n) is 4.22. The van der Waals surface area contributed by atoms with Gasteiger partial charge < -0.3 is 19.0 Å². The number of aromatic nitrogens is 1. The van der Waals surface area contributed by atoms with Crippen LogP contribution in [0.1, 0.15) is 30.5 Å². The van der Waals surface area contributed by atoms with Crippen molar-refractivity contribution in [1.82, 2.24) is 4.57 Å². The molecule has 4 aromatic rings. The first kappa shape index (κ1) is 28.1. The van der Waals surface area contributed by atoms with Gasteiger partial charge in [-0.2, -0.15) is 0 Å². The van der Waals surface area contributed by atoms with Crippen molar-refractivity contribution in [3.8, 4) is 5.75 Å². The van der Waals surface area contributed by atoms with Crippen LogP contribution in [0.4, 0.5) is 0 Å². The number of ether oxygens (including phenoxy) is 3. The van der Waals surface area contributed by atoms with Gasteiger partial charge in [-0.15, -0.1) is 0 Å². The Balaban J connectivity index is 1.42. The number of methoxy groups -OCH3 is 1. The molecular formula is C30H32N2O6S. The Bertz CT molecular complexity index is 1480. The van der Waals surface area contributed by atoms with Crippen LogP contribution in [0.5, 0.6) is 5.75 Å². The van der Waals surface area contributed by atoms with Crippen LogP contribution >= 0.6 is 11.3 Å². The molecule has 0 aliphatic heterocycles. The number of carbonyl (C=O) groups is 1. The third-order valence-electron chi connectivity index (χ3n) is 6.00. The first-order valence-electron chi connectivity index (χ1n) is 12.6. The summed E-state index contributed by atoms with van der Waals surface area (Å²) in [4.78, 5) is 29.8. The second-order valence-corrected chi connectivity index (χ2v) is 10.1. The number of nitrogens with zero attached hydrogens (tertiary/aromatic N) is 2. The smallest absolute Gasteiger partial charge is 0.335 e. The Morgan fingerprint density at radius 1 is 0.974 bits per heavy atom. The van der Waals surface area contributed by atoms with Crippen LogP contribution in [0.2, 0.25) is 0 Å². The number of esters is 1. The van der Waals surface area contributed by atoms with Crippen molar-refractivity contribution in [3.05, 3.63) is 99.2 Å². The highest BCUT2D eigenvalue weighted by Crippen LogP contribution is 2.22. The standard InChI is InChI=1S/C30H32N2O6S/c1-20(2)38-26(29(33)35-3)18-21-10-13-24(14-11-21)37-17-16-32-25-15-12-23(19-27(25)39-30(32)34)28(31-36-4)22-8-6-5-7-9-22/h5-15,19-20,26H,16-18H2,1-4H3/b31-28+. The maximum Gasteiger partial charge on any atom is 0.335 e. The van der Waals surface area contributed by atoms with Gasteiger partial charge in [-0.3, -0.25) is 9.36 Å². The van der Waals surface area contributed by atoms with E-state index in [1.54, 1.807) is 4.57 Å². The van der Waals surface area contributed by atoms with Gasteiger partial charge in [0.05, 0.1) is 30.0 Å². The Morgan fingerprint density at radius 3 is 2.38 bits per heavy atom. The highest BCUT2D eigenvalue weighted by molar-refractivity contribution is 7.16. The quantitative estimate of drug-likeness (QED) is 0.140. The molecular weight excluding hydrogens is 516 g/mol. The van der Waals surface area contributed by atoms with Crippen LogP contribution < -0.4 is 9.61 Å². The molecule has 204 valence electrons. The van der Waals surface area contributed by atoms with Crippen molar-refractivity contribution in [1.29, 1.82) is 0 Å². The number of benzene rings is 3. The summed E-state index contributed by atoms with van der Waals surface area (Å²) in [6.45, 7) is 4.50. The van der Waals surface area contributed by atoms with Gasteiger partial charge in [0.15, 0.2) is 6.10 Å². The van der Waals surface area contributed by atoms with Gasteiger partial charge in [-0.25, -0.2) is 4.79 Å². The number of carbonyl (C=O) groups excluding carboxylic acids is 1. The van der Waals surface area contributed by atoms with Crippen molar-refractivity contribution < 1.29 is 23.8 Å². The summed E-state index contributed by atoms with van der Waals surface area (Å²) < 4.78 is 19.1. The molecule has 39 heavy (non-hydrogen) atoms. The lowest BCUT2D eigenvalue weighted by atomic mass is 10.0. The molecule has 0 saturated carbocycles. The number of fused-ring (bicyclic) bond motifs is 1. The highest BCUT2D eigenvalue weighted by Gasteiger charge is 2.21. The second-order valence-electron chi connectivity index (χ2n) is 9.08. The van der Waals surface area contributed by atoms with E-state index in [4.69, 9.17) is 19.0 Å². The average Bonchev–Trinajstić information content (AvgIpc) is 3.26. The molecule has 0 fully saturated rings. The zero-order valence-electron chi connectivity index (χ0n) is 22.5. The molecule has 9 heteroatoms. The lowest BCUT2D eigenvalue weighted by molar-refractivity contribution is -0.156.